The molecule has 0 radical (unpaired) electrons. The predicted molar refractivity (Wildman–Crippen MR) is 98.7 cm³/mol. The second-order valence-electron chi connectivity index (χ2n) is 5.64. The molecule has 24 heavy (non-hydrogen) atoms. The first-order valence-electron chi connectivity index (χ1n) is 8.07. The van der Waals surface area contributed by atoms with Crippen LogP contribution in [-0.2, 0) is 11.3 Å². The number of thioether (sulfide) groups is 1. The van der Waals surface area contributed by atoms with Crippen LogP contribution in [0.5, 0.6) is 0 Å². The molecule has 0 bridgehead atoms. The standard InChI is InChI=1S/C19H23FN2OS/c1-3-21-12-15-5-4-6-17(11-15)22-19(23)14(2)13-24-18-9-7-16(20)8-10-18/h4-11,14,21H,3,12-13H2,1-2H3,(H,22,23). The first-order chi connectivity index (χ1) is 11.6. The van der Waals surface area contributed by atoms with Crippen molar-refractivity contribution in [3.05, 3.63) is 59.9 Å². The smallest absolute Gasteiger partial charge is 0.228 e. The molecule has 0 saturated heterocycles. The molecule has 0 heterocycles. The zero-order valence-corrected chi connectivity index (χ0v) is 14.8. The molecule has 0 fully saturated rings. The number of hydrogen-bond acceptors (Lipinski definition) is 3. The van der Waals surface area contributed by atoms with Crippen molar-refractivity contribution in [1.82, 2.24) is 5.32 Å². The molecular weight excluding hydrogens is 323 g/mol. The minimum Gasteiger partial charge on any atom is -0.326 e. The van der Waals surface area contributed by atoms with Gasteiger partial charge in [-0.15, -0.1) is 11.8 Å². The van der Waals surface area contributed by atoms with Crippen LogP contribution in [0, 0.1) is 11.7 Å². The van der Waals surface area contributed by atoms with Crippen LogP contribution in [0.3, 0.4) is 0 Å². The summed E-state index contributed by atoms with van der Waals surface area (Å²) in [6.45, 7) is 5.66. The number of halogens is 1. The number of anilines is 1. The van der Waals surface area contributed by atoms with Gasteiger partial charge in [0, 0.05) is 28.8 Å². The molecule has 0 aliphatic carbocycles. The van der Waals surface area contributed by atoms with Gasteiger partial charge in [0.1, 0.15) is 5.82 Å². The molecule has 0 saturated carbocycles. The van der Waals surface area contributed by atoms with Crippen molar-refractivity contribution in [2.24, 2.45) is 5.92 Å². The average Bonchev–Trinajstić information content (AvgIpc) is 2.59. The Morgan fingerprint density at radius 1 is 1.21 bits per heavy atom. The Labute approximate surface area is 147 Å². The van der Waals surface area contributed by atoms with Gasteiger partial charge in [-0.25, -0.2) is 4.39 Å². The fraction of sp³-hybridized carbons (Fsp3) is 0.316. The van der Waals surface area contributed by atoms with Crippen LogP contribution in [0.1, 0.15) is 19.4 Å². The average molecular weight is 346 g/mol. The number of carbonyl (C=O) groups excluding carboxylic acids is 1. The molecule has 5 heteroatoms. The normalized spacial score (nSPS) is 12.0. The third kappa shape index (κ3) is 5.98. The Morgan fingerprint density at radius 3 is 2.67 bits per heavy atom. The van der Waals surface area contributed by atoms with E-state index in [-0.39, 0.29) is 17.6 Å². The summed E-state index contributed by atoms with van der Waals surface area (Å²) in [5, 5.41) is 6.23. The van der Waals surface area contributed by atoms with Gasteiger partial charge in [-0.05, 0) is 48.5 Å². The molecule has 1 amide bonds. The maximum atomic E-state index is 12.9. The van der Waals surface area contributed by atoms with E-state index < -0.39 is 0 Å². The molecule has 0 aliphatic rings. The lowest BCUT2D eigenvalue weighted by atomic mass is 10.1. The fourth-order valence-corrected chi connectivity index (χ4v) is 3.04. The summed E-state index contributed by atoms with van der Waals surface area (Å²) in [5.74, 6) is 0.249. The van der Waals surface area contributed by atoms with Gasteiger partial charge in [0.25, 0.3) is 0 Å². The molecule has 128 valence electrons. The SMILES string of the molecule is CCNCc1cccc(NC(=O)C(C)CSc2ccc(F)cc2)c1. The largest absolute Gasteiger partial charge is 0.326 e. The van der Waals surface area contributed by atoms with E-state index in [4.69, 9.17) is 0 Å². The summed E-state index contributed by atoms with van der Waals surface area (Å²) >= 11 is 1.55. The number of amides is 1. The highest BCUT2D eigenvalue weighted by Crippen LogP contribution is 2.22. The van der Waals surface area contributed by atoms with Crippen molar-refractivity contribution in [1.29, 1.82) is 0 Å². The van der Waals surface area contributed by atoms with Crippen molar-refractivity contribution in [3.63, 3.8) is 0 Å². The monoisotopic (exact) mass is 346 g/mol. The highest BCUT2D eigenvalue weighted by molar-refractivity contribution is 7.99. The molecule has 0 aliphatic heterocycles. The number of nitrogens with one attached hydrogen (secondary N) is 2. The van der Waals surface area contributed by atoms with E-state index in [0.717, 1.165) is 29.2 Å². The lowest BCUT2D eigenvalue weighted by Crippen LogP contribution is -2.22. The maximum Gasteiger partial charge on any atom is 0.228 e. The van der Waals surface area contributed by atoms with Gasteiger partial charge in [0.15, 0.2) is 0 Å². The van der Waals surface area contributed by atoms with E-state index in [0.29, 0.717) is 5.75 Å². The molecule has 0 spiro atoms. The minimum absolute atomic E-state index is 0.00906. The third-order valence-electron chi connectivity index (χ3n) is 3.53. The summed E-state index contributed by atoms with van der Waals surface area (Å²) in [6.07, 6.45) is 0. The molecule has 1 atom stereocenters. The van der Waals surface area contributed by atoms with E-state index >= 15 is 0 Å². The fourth-order valence-electron chi connectivity index (χ4n) is 2.12. The predicted octanol–water partition coefficient (Wildman–Crippen LogP) is 4.30. The first-order valence-corrected chi connectivity index (χ1v) is 9.06. The van der Waals surface area contributed by atoms with Gasteiger partial charge in [-0.3, -0.25) is 4.79 Å². The summed E-state index contributed by atoms with van der Waals surface area (Å²) in [7, 11) is 0. The highest BCUT2D eigenvalue weighted by atomic mass is 32.2. The Morgan fingerprint density at radius 2 is 1.96 bits per heavy atom. The van der Waals surface area contributed by atoms with Crippen LogP contribution in [0.2, 0.25) is 0 Å². The van der Waals surface area contributed by atoms with E-state index in [2.05, 4.69) is 17.6 Å². The lowest BCUT2D eigenvalue weighted by molar-refractivity contribution is -0.118. The maximum absolute atomic E-state index is 12.9. The van der Waals surface area contributed by atoms with Crippen molar-refractivity contribution in [2.75, 3.05) is 17.6 Å². The first kappa shape index (κ1) is 18.5. The van der Waals surface area contributed by atoms with E-state index in [1.165, 1.54) is 12.1 Å². The summed E-state index contributed by atoms with van der Waals surface area (Å²) < 4.78 is 12.9. The zero-order valence-electron chi connectivity index (χ0n) is 14.0. The van der Waals surface area contributed by atoms with Crippen LogP contribution >= 0.6 is 11.8 Å². The lowest BCUT2D eigenvalue weighted by Gasteiger charge is -2.13. The Bertz CT molecular complexity index is 661. The Kier molecular flexibility index (Phi) is 7.28. The van der Waals surface area contributed by atoms with Gasteiger partial charge >= 0.3 is 0 Å². The van der Waals surface area contributed by atoms with Crippen LogP contribution in [-0.4, -0.2) is 18.2 Å². The Balaban J connectivity index is 1.85. The highest BCUT2D eigenvalue weighted by Gasteiger charge is 2.13. The molecule has 2 aromatic carbocycles. The van der Waals surface area contributed by atoms with Gasteiger partial charge in [0.2, 0.25) is 5.91 Å². The van der Waals surface area contributed by atoms with E-state index in [1.54, 1.807) is 23.9 Å². The van der Waals surface area contributed by atoms with Crippen LogP contribution in [0.4, 0.5) is 10.1 Å². The third-order valence-corrected chi connectivity index (χ3v) is 4.81. The number of carbonyl (C=O) groups is 1. The van der Waals surface area contributed by atoms with Gasteiger partial charge < -0.3 is 10.6 Å². The van der Waals surface area contributed by atoms with Crippen LogP contribution in [0.15, 0.2) is 53.4 Å². The van der Waals surface area contributed by atoms with Crippen molar-refractivity contribution in [3.8, 4) is 0 Å². The summed E-state index contributed by atoms with van der Waals surface area (Å²) in [5.41, 5.74) is 1.96. The summed E-state index contributed by atoms with van der Waals surface area (Å²) in [6, 6.07) is 14.2. The second-order valence-corrected chi connectivity index (χ2v) is 6.73. The second kappa shape index (κ2) is 9.45. The number of benzene rings is 2. The molecule has 0 aromatic heterocycles. The quantitative estimate of drug-likeness (QED) is 0.700. The summed E-state index contributed by atoms with van der Waals surface area (Å²) in [4.78, 5) is 13.3. The molecule has 2 rings (SSSR count). The molecule has 2 aromatic rings. The van der Waals surface area contributed by atoms with Gasteiger partial charge in [-0.1, -0.05) is 26.0 Å². The van der Waals surface area contributed by atoms with Crippen molar-refractivity contribution >= 4 is 23.4 Å². The zero-order chi connectivity index (χ0) is 17.4. The molecular formula is C19H23FN2OS. The topological polar surface area (TPSA) is 41.1 Å². The number of rotatable bonds is 8. The Hall–Kier alpha value is -1.85. The van der Waals surface area contributed by atoms with Gasteiger partial charge in [-0.2, -0.15) is 0 Å². The number of hydrogen-bond donors (Lipinski definition) is 2. The van der Waals surface area contributed by atoms with E-state index in [9.17, 15) is 9.18 Å². The minimum atomic E-state index is -0.248. The van der Waals surface area contributed by atoms with Crippen molar-refractivity contribution < 1.29 is 9.18 Å². The van der Waals surface area contributed by atoms with Gasteiger partial charge in [0.05, 0.1) is 0 Å². The van der Waals surface area contributed by atoms with Crippen LogP contribution < -0.4 is 10.6 Å². The van der Waals surface area contributed by atoms with Crippen LogP contribution in [0.25, 0.3) is 0 Å². The molecule has 1 unspecified atom stereocenters. The van der Waals surface area contributed by atoms with Crippen molar-refractivity contribution in [2.45, 2.75) is 25.3 Å². The van der Waals surface area contributed by atoms with E-state index in [1.807, 2.05) is 31.2 Å². The molecule has 2 N–H and O–H groups in total. The molecule has 3 nitrogen and oxygen atoms in total.